The lowest BCUT2D eigenvalue weighted by molar-refractivity contribution is -0.147. The monoisotopic (exact) mass is 264 g/mol. The van der Waals surface area contributed by atoms with Gasteiger partial charge in [0.2, 0.25) is 0 Å². The van der Waals surface area contributed by atoms with E-state index in [1.807, 2.05) is 0 Å². The van der Waals surface area contributed by atoms with Crippen molar-refractivity contribution in [3.8, 4) is 5.75 Å². The highest BCUT2D eigenvalue weighted by atomic mass is 16.5. The van der Waals surface area contributed by atoms with Crippen LogP contribution in [-0.2, 0) is 9.53 Å². The second-order valence-electron chi connectivity index (χ2n) is 4.43. The Hall–Kier alpha value is -2.11. The highest BCUT2D eigenvalue weighted by molar-refractivity contribution is 5.98. The molecule has 0 spiro atoms. The summed E-state index contributed by atoms with van der Waals surface area (Å²) in [5, 5.41) is 9.67. The highest BCUT2D eigenvalue weighted by Gasteiger charge is 2.34. The molecule has 1 saturated heterocycles. The quantitative estimate of drug-likeness (QED) is 0.805. The normalized spacial score (nSPS) is 19.0. The molecule has 1 aromatic rings. The molecular weight excluding hydrogens is 248 g/mol. The zero-order valence-electron chi connectivity index (χ0n) is 10.7. The number of methoxy groups -OCH3 is 1. The Kier molecular flexibility index (Phi) is 3.99. The minimum absolute atomic E-state index is 0.158. The predicted molar refractivity (Wildman–Crippen MR) is 66.6 cm³/mol. The molecule has 1 unspecified atom stereocenters. The zero-order chi connectivity index (χ0) is 13.8. The zero-order valence-corrected chi connectivity index (χ0v) is 10.7. The molecule has 1 atom stereocenters. The standard InChI is InChI=1S/C13H16N2O4/c1-19-13(18)10-4-2-3-7-15(10)12(17)9-5-6-14-8-11(9)16/h5-6,8,10,16H,2-4,7H2,1H3. The third-order valence-corrected chi connectivity index (χ3v) is 3.27. The van der Waals surface area contributed by atoms with Crippen LogP contribution in [0.3, 0.4) is 0 Å². The summed E-state index contributed by atoms with van der Waals surface area (Å²) in [6, 6.07) is 0.875. The topological polar surface area (TPSA) is 79.7 Å². The van der Waals surface area contributed by atoms with E-state index in [0.717, 1.165) is 12.8 Å². The number of amides is 1. The van der Waals surface area contributed by atoms with Crippen LogP contribution < -0.4 is 0 Å². The molecule has 1 aliphatic heterocycles. The fourth-order valence-electron chi connectivity index (χ4n) is 2.28. The predicted octanol–water partition coefficient (Wildman–Crippen LogP) is 0.955. The summed E-state index contributed by atoms with van der Waals surface area (Å²) in [4.78, 5) is 29.3. The molecule has 2 heterocycles. The second-order valence-corrected chi connectivity index (χ2v) is 4.43. The molecular formula is C13H16N2O4. The summed E-state index contributed by atoms with van der Waals surface area (Å²) in [6.45, 7) is 0.486. The minimum atomic E-state index is -0.571. The fourth-order valence-corrected chi connectivity index (χ4v) is 2.28. The number of likely N-dealkylation sites (tertiary alicyclic amines) is 1. The van der Waals surface area contributed by atoms with Crippen LogP contribution in [0.2, 0.25) is 0 Å². The molecule has 102 valence electrons. The van der Waals surface area contributed by atoms with Gasteiger partial charge in [0.1, 0.15) is 11.8 Å². The van der Waals surface area contributed by atoms with E-state index in [2.05, 4.69) is 4.98 Å². The molecule has 0 aromatic carbocycles. The number of aromatic nitrogens is 1. The number of ether oxygens (including phenoxy) is 1. The number of carbonyl (C=O) groups excluding carboxylic acids is 2. The van der Waals surface area contributed by atoms with Crippen LogP contribution in [0.25, 0.3) is 0 Å². The number of rotatable bonds is 2. The van der Waals surface area contributed by atoms with E-state index in [-0.39, 0.29) is 17.2 Å². The van der Waals surface area contributed by atoms with Crippen molar-refractivity contribution in [3.05, 3.63) is 24.0 Å². The molecule has 6 nitrogen and oxygen atoms in total. The van der Waals surface area contributed by atoms with Crippen LogP contribution in [0, 0.1) is 0 Å². The van der Waals surface area contributed by atoms with Gasteiger partial charge < -0.3 is 14.7 Å². The van der Waals surface area contributed by atoms with Gasteiger partial charge in [-0.25, -0.2) is 4.79 Å². The fraction of sp³-hybridized carbons (Fsp3) is 0.462. The van der Waals surface area contributed by atoms with Gasteiger partial charge >= 0.3 is 5.97 Å². The summed E-state index contributed by atoms with van der Waals surface area (Å²) < 4.78 is 4.73. The van der Waals surface area contributed by atoms with Crippen molar-refractivity contribution >= 4 is 11.9 Å². The maximum Gasteiger partial charge on any atom is 0.328 e. The van der Waals surface area contributed by atoms with E-state index in [4.69, 9.17) is 4.74 Å². The van der Waals surface area contributed by atoms with Crippen LogP contribution in [0.4, 0.5) is 0 Å². The maximum absolute atomic E-state index is 12.4. The maximum atomic E-state index is 12.4. The summed E-state index contributed by atoms with van der Waals surface area (Å²) in [6.07, 6.45) is 4.95. The lowest BCUT2D eigenvalue weighted by Gasteiger charge is -2.33. The first kappa shape index (κ1) is 13.3. The van der Waals surface area contributed by atoms with Crippen molar-refractivity contribution in [2.45, 2.75) is 25.3 Å². The van der Waals surface area contributed by atoms with Gasteiger partial charge in [0.15, 0.2) is 0 Å². The van der Waals surface area contributed by atoms with Crippen molar-refractivity contribution in [2.24, 2.45) is 0 Å². The highest BCUT2D eigenvalue weighted by Crippen LogP contribution is 2.23. The summed E-state index contributed by atoms with van der Waals surface area (Å²) >= 11 is 0. The molecule has 0 radical (unpaired) electrons. The summed E-state index contributed by atoms with van der Waals surface area (Å²) in [5.41, 5.74) is 0.158. The molecule has 1 fully saturated rings. The average Bonchev–Trinajstić information content (AvgIpc) is 2.46. The number of hydrogen-bond donors (Lipinski definition) is 1. The Bertz CT molecular complexity index is 489. The number of pyridine rings is 1. The number of hydrogen-bond acceptors (Lipinski definition) is 5. The lowest BCUT2D eigenvalue weighted by atomic mass is 10.0. The number of carbonyl (C=O) groups is 2. The number of piperidine rings is 1. The molecule has 19 heavy (non-hydrogen) atoms. The van der Waals surface area contributed by atoms with Crippen molar-refractivity contribution in [1.29, 1.82) is 0 Å². The van der Waals surface area contributed by atoms with E-state index in [0.29, 0.717) is 13.0 Å². The largest absolute Gasteiger partial charge is 0.505 e. The van der Waals surface area contributed by atoms with Crippen molar-refractivity contribution < 1.29 is 19.4 Å². The van der Waals surface area contributed by atoms with Gasteiger partial charge in [0, 0.05) is 12.7 Å². The van der Waals surface area contributed by atoms with Crippen LogP contribution in [0.5, 0.6) is 5.75 Å². The molecule has 2 rings (SSSR count). The van der Waals surface area contributed by atoms with E-state index >= 15 is 0 Å². The Morgan fingerprint density at radius 3 is 2.95 bits per heavy atom. The van der Waals surface area contributed by atoms with E-state index < -0.39 is 12.0 Å². The average molecular weight is 264 g/mol. The SMILES string of the molecule is COC(=O)C1CCCCN1C(=O)c1ccncc1O. The third-order valence-electron chi connectivity index (χ3n) is 3.27. The van der Waals surface area contributed by atoms with Crippen LogP contribution in [0.1, 0.15) is 29.6 Å². The first-order valence-corrected chi connectivity index (χ1v) is 6.17. The molecule has 6 heteroatoms. The second kappa shape index (κ2) is 5.69. The van der Waals surface area contributed by atoms with Crippen molar-refractivity contribution in [3.63, 3.8) is 0 Å². The third kappa shape index (κ3) is 2.67. The number of esters is 1. The molecule has 1 aliphatic rings. The van der Waals surface area contributed by atoms with E-state index in [1.54, 1.807) is 0 Å². The van der Waals surface area contributed by atoms with Crippen molar-refractivity contribution in [1.82, 2.24) is 9.88 Å². The van der Waals surface area contributed by atoms with Crippen molar-refractivity contribution in [2.75, 3.05) is 13.7 Å². The Morgan fingerprint density at radius 1 is 1.47 bits per heavy atom. The minimum Gasteiger partial charge on any atom is -0.505 e. The van der Waals surface area contributed by atoms with Gasteiger partial charge in [-0.05, 0) is 25.3 Å². The number of aromatic hydroxyl groups is 1. The lowest BCUT2D eigenvalue weighted by Crippen LogP contribution is -2.48. The Morgan fingerprint density at radius 2 is 2.26 bits per heavy atom. The molecule has 0 saturated carbocycles. The Labute approximate surface area is 111 Å². The smallest absolute Gasteiger partial charge is 0.328 e. The first-order valence-electron chi connectivity index (χ1n) is 6.17. The first-order chi connectivity index (χ1) is 9.15. The molecule has 0 bridgehead atoms. The van der Waals surface area contributed by atoms with Gasteiger partial charge in [0.25, 0.3) is 5.91 Å². The van der Waals surface area contributed by atoms with Gasteiger partial charge in [0.05, 0.1) is 18.9 Å². The molecule has 1 N–H and O–H groups in total. The van der Waals surface area contributed by atoms with Crippen LogP contribution in [-0.4, -0.2) is 46.6 Å². The van der Waals surface area contributed by atoms with Crippen LogP contribution >= 0.6 is 0 Å². The van der Waals surface area contributed by atoms with Gasteiger partial charge in [-0.1, -0.05) is 0 Å². The van der Waals surface area contributed by atoms with Gasteiger partial charge in [-0.3, -0.25) is 9.78 Å². The van der Waals surface area contributed by atoms with Crippen LogP contribution in [0.15, 0.2) is 18.5 Å². The van der Waals surface area contributed by atoms with Gasteiger partial charge in [-0.2, -0.15) is 0 Å². The Balaban J connectivity index is 2.25. The van der Waals surface area contributed by atoms with E-state index in [1.165, 1.54) is 30.5 Å². The summed E-state index contributed by atoms with van der Waals surface area (Å²) in [5.74, 6) is -0.960. The summed E-state index contributed by atoms with van der Waals surface area (Å²) in [7, 11) is 1.31. The molecule has 1 amide bonds. The molecule has 1 aromatic heterocycles. The van der Waals surface area contributed by atoms with E-state index in [9.17, 15) is 14.7 Å². The molecule has 0 aliphatic carbocycles. The number of nitrogens with zero attached hydrogens (tertiary/aromatic N) is 2. The van der Waals surface area contributed by atoms with Gasteiger partial charge in [-0.15, -0.1) is 0 Å².